The van der Waals surface area contributed by atoms with E-state index in [1.54, 1.807) is 62.4 Å². The molecule has 10 rings (SSSR count). The lowest BCUT2D eigenvalue weighted by Gasteiger charge is -2.59. The van der Waals surface area contributed by atoms with E-state index in [-0.39, 0.29) is 80.0 Å². The standard InChI is InChI=1S/C45H61BN2O8.C27H31BN4O8.C7H9ClN2O3/c1-10-34-26-38(44(34,6)7)45(8)29(2)55-46(56-45)35(25-33-17-14-18-36(40(33)52-9)41(50)54-43(3,4)5)27-37(49)39(47)32-21-19-30(20-22-32)23-24-48-42(51)53-28-31-15-12-11-13-16-31;1-2-31-12-13-32(25(35)24(31)34)27(38)30-22(17-8-6-16(7-9-17)10-11-29)21(33)15-19-14-18-4-3-5-20(26(36)37)23(18)40-28(19)39;1-2-9-3-4-10(7(8)13)6(12)5(9)11/h11-22,29,34-35,38-39H,10,23-28,47H2,1-9H3,(H,48,51);3-9,19,22,39H,2,10-15,29H2,1H3,(H,30,38)(H,36,37);2-4H2,1H3/t29?,34-,35+,38-,39?,45+;19-,22?;/m01./s1. The molecular weight excluding hydrogens is 1420 g/mol. The number of likely N-dealkylation sites (N-methyl/N-ethyl adjacent to an activating group) is 2. The zero-order chi connectivity index (χ0) is 79.8. The van der Waals surface area contributed by atoms with Crippen LogP contribution >= 0.6 is 11.6 Å². The summed E-state index contributed by atoms with van der Waals surface area (Å²) in [6.07, 6.45) is 3.07. The molecular formula is C79H101B2ClN8O19. The Morgan fingerprint density at radius 3 is 1.92 bits per heavy atom. The Morgan fingerprint density at radius 2 is 1.34 bits per heavy atom. The number of carboxylic acid groups (broad SMARTS) is 1. The van der Waals surface area contributed by atoms with Crippen molar-refractivity contribution < 1.29 is 91.0 Å². The van der Waals surface area contributed by atoms with Crippen LogP contribution in [0, 0.1) is 17.3 Å². The van der Waals surface area contributed by atoms with Crippen LogP contribution in [0.15, 0.2) is 115 Å². The number of carbonyl (C=O) groups excluding carboxylic acids is 10. The molecule has 1 aliphatic carbocycles. The fraction of sp³-hybridized carbons (Fsp3) is 0.481. The van der Waals surface area contributed by atoms with E-state index in [4.69, 9.17) is 51.2 Å². The number of carbonyl (C=O) groups is 11. The number of para-hydroxylation sites is 2. The van der Waals surface area contributed by atoms with E-state index in [1.165, 1.54) is 23.0 Å². The highest BCUT2D eigenvalue weighted by molar-refractivity contribution is 6.65. The van der Waals surface area contributed by atoms with Crippen LogP contribution in [0.1, 0.15) is 167 Å². The number of ether oxygens (including phenoxy) is 3. The maximum absolute atomic E-state index is 14.1. The van der Waals surface area contributed by atoms with Crippen LogP contribution in [0.3, 0.4) is 0 Å². The van der Waals surface area contributed by atoms with Crippen molar-refractivity contribution >= 4 is 90.5 Å². The van der Waals surface area contributed by atoms with Gasteiger partial charge in [-0.1, -0.05) is 130 Å². The number of halogens is 1. The molecule has 0 bridgehead atoms. The lowest BCUT2D eigenvalue weighted by molar-refractivity contribution is -0.153. The lowest BCUT2D eigenvalue weighted by Crippen LogP contribution is -2.59. The predicted molar refractivity (Wildman–Crippen MR) is 407 cm³/mol. The van der Waals surface area contributed by atoms with E-state index in [1.807, 2.05) is 81.4 Å². The number of alkyl carbamates (subject to hydrolysis) is 1. The number of methoxy groups -OCH3 is 1. The van der Waals surface area contributed by atoms with Crippen LogP contribution in [0.2, 0.25) is 11.6 Å². The van der Waals surface area contributed by atoms with Crippen LogP contribution in [0.4, 0.5) is 14.4 Å². The third-order valence-corrected chi connectivity index (χ3v) is 21.3. The highest BCUT2D eigenvalue weighted by atomic mass is 35.5. The minimum atomic E-state index is -1.46. The average Bonchev–Trinajstić information content (AvgIpc) is 1.65. The van der Waals surface area contributed by atoms with Gasteiger partial charge in [-0.25, -0.2) is 19.2 Å². The highest BCUT2D eigenvalue weighted by Crippen LogP contribution is 2.60. The maximum atomic E-state index is 14.1. The Balaban J connectivity index is 0.000000244. The third-order valence-electron chi connectivity index (χ3n) is 21.1. The molecule has 4 heterocycles. The number of hydrogen-bond acceptors (Lipinski definition) is 20. The second kappa shape index (κ2) is 37.7. The van der Waals surface area contributed by atoms with Gasteiger partial charge in [0.2, 0.25) is 0 Å². The molecule has 30 heteroatoms. The Labute approximate surface area is 641 Å². The van der Waals surface area contributed by atoms with Gasteiger partial charge < -0.3 is 70.2 Å². The summed E-state index contributed by atoms with van der Waals surface area (Å²) in [5.74, 6) is -5.38. The third kappa shape index (κ3) is 21.1. The van der Waals surface area contributed by atoms with Crippen molar-refractivity contribution in [2.24, 2.45) is 28.7 Å². The van der Waals surface area contributed by atoms with E-state index in [9.17, 15) is 62.9 Å². The van der Waals surface area contributed by atoms with E-state index in [2.05, 4.69) is 45.3 Å². The van der Waals surface area contributed by atoms with Crippen LogP contribution in [-0.4, -0.2) is 185 Å². The molecule has 3 unspecified atom stereocenters. The van der Waals surface area contributed by atoms with Gasteiger partial charge in [-0.2, -0.15) is 0 Å². The molecule has 8 atom stereocenters. The molecule has 3 saturated heterocycles. The number of nitrogens with two attached hydrogens (primary N) is 2. The summed E-state index contributed by atoms with van der Waals surface area (Å²) in [6.45, 7) is 22.6. The van der Waals surface area contributed by atoms with Crippen molar-refractivity contribution in [3.63, 3.8) is 0 Å². The molecule has 27 nitrogen and oxygen atoms in total. The first-order valence-electron chi connectivity index (χ1n) is 37.0. The minimum Gasteiger partial charge on any atom is -0.535 e. The molecule has 4 fully saturated rings. The lowest BCUT2D eigenvalue weighted by atomic mass is 9.49. The number of piperazine rings is 2. The van der Waals surface area contributed by atoms with Crippen molar-refractivity contribution in [1.29, 1.82) is 0 Å². The summed E-state index contributed by atoms with van der Waals surface area (Å²) in [5, 5.41) is 24.6. The van der Waals surface area contributed by atoms with Crippen LogP contribution < -0.4 is 31.5 Å². The number of rotatable bonds is 26. The second-order valence-corrected chi connectivity index (χ2v) is 29.9. The Hall–Kier alpha value is -9.51. The zero-order valence-corrected chi connectivity index (χ0v) is 64.6. The van der Waals surface area contributed by atoms with Gasteiger partial charge in [-0.15, -0.1) is 0 Å². The SMILES string of the molecule is CCN1CCN(C(=O)Cl)C(=O)C1=O.CCN1CCN(C(=O)NC(C(=O)C[C@H]2Cc3cccc(C(=O)O)c3OB2O)c2ccc(CCN)cc2)C(=O)C1=O.CC[C@H]1C[C@H]([C@]2(C)OB([C@@H](CC(=O)C(N)c3ccc(CCNC(=O)OCc4ccccc4)cc3)Cc3cccc(C(=O)OC(C)(C)C)c3OC)OC2C)C1(C)C. The first kappa shape index (κ1) is 85.1. The number of benzene rings is 5. The molecule has 0 radical (unpaired) electrons. The molecule has 5 aliphatic rings. The van der Waals surface area contributed by atoms with Crippen LogP contribution in [0.5, 0.6) is 11.5 Å². The summed E-state index contributed by atoms with van der Waals surface area (Å²) >= 11 is 5.10. The largest absolute Gasteiger partial charge is 0.535 e. The number of aromatic carboxylic acids is 1. The molecule has 0 spiro atoms. The number of nitrogens with zero attached hydrogens (tertiary/aromatic N) is 4. The van der Waals surface area contributed by atoms with Crippen molar-refractivity contribution in [3.8, 4) is 11.5 Å². The van der Waals surface area contributed by atoms with Crippen molar-refractivity contribution in [3.05, 3.63) is 165 Å². The molecule has 8 N–H and O–H groups in total. The van der Waals surface area contributed by atoms with Gasteiger partial charge in [0.1, 0.15) is 35.3 Å². The molecule has 1 saturated carbocycles. The normalized spacial score (nSPS) is 20.3. The zero-order valence-electron chi connectivity index (χ0n) is 63.8. The summed E-state index contributed by atoms with van der Waals surface area (Å²) in [5.41, 5.74) is 16.6. The number of hydrogen-bond donors (Lipinski definition) is 6. The second-order valence-electron chi connectivity index (χ2n) is 29.6. The number of esters is 1. The number of imide groups is 2. The number of urea groups is 1. The number of carboxylic acids is 1. The summed E-state index contributed by atoms with van der Waals surface area (Å²) in [7, 11) is -0.613. The van der Waals surface area contributed by atoms with E-state index < -0.39 is 108 Å². The van der Waals surface area contributed by atoms with Crippen molar-refractivity contribution in [2.45, 2.75) is 168 Å². The quantitative estimate of drug-likeness (QED) is 0.00986. The van der Waals surface area contributed by atoms with Gasteiger partial charge in [0.25, 0.3) is 0 Å². The summed E-state index contributed by atoms with van der Waals surface area (Å²) in [6, 6.07) is 31.0. The van der Waals surface area contributed by atoms with E-state index in [0.29, 0.717) is 85.9 Å². The number of Topliss-reactive ketones (excluding diaryl/α,β-unsaturated/α-hetero) is 2. The molecule has 5 aromatic carbocycles. The molecule has 0 aromatic heterocycles. The van der Waals surface area contributed by atoms with Crippen LogP contribution in [-0.2, 0) is 79.8 Å². The number of nitrogens with one attached hydrogen (secondary N) is 2. The summed E-state index contributed by atoms with van der Waals surface area (Å²) in [4.78, 5) is 140. The van der Waals surface area contributed by atoms with Gasteiger partial charge in [0.15, 0.2) is 11.6 Å². The Morgan fingerprint density at radius 1 is 0.743 bits per heavy atom. The van der Waals surface area contributed by atoms with E-state index in [0.717, 1.165) is 44.9 Å². The number of fused-ring (bicyclic) bond motifs is 1. The van der Waals surface area contributed by atoms with E-state index >= 15 is 0 Å². The first-order valence-corrected chi connectivity index (χ1v) is 37.3. The summed E-state index contributed by atoms with van der Waals surface area (Å²) < 4.78 is 36.0. The van der Waals surface area contributed by atoms with Gasteiger partial charge in [0, 0.05) is 70.3 Å². The molecule has 109 heavy (non-hydrogen) atoms. The maximum Gasteiger partial charge on any atom is 0.526 e. The fourth-order valence-electron chi connectivity index (χ4n) is 14.6. The highest BCUT2D eigenvalue weighted by Gasteiger charge is 2.62. The number of amides is 8. The minimum absolute atomic E-state index is 0.0154. The molecule has 5 aromatic rings. The topological polar surface area (TPSA) is 373 Å². The van der Waals surface area contributed by atoms with Gasteiger partial charge in [-0.05, 0) is 167 Å². The number of ketones is 2. The van der Waals surface area contributed by atoms with Crippen molar-refractivity contribution in [2.75, 3.05) is 59.5 Å². The Kier molecular flexibility index (Phi) is 29.5. The molecule has 8 amide bonds. The van der Waals surface area contributed by atoms with Crippen molar-refractivity contribution in [1.82, 2.24) is 30.2 Å². The molecule has 584 valence electrons. The van der Waals surface area contributed by atoms with Gasteiger partial charge in [0.05, 0.1) is 30.4 Å². The predicted octanol–water partition coefficient (Wildman–Crippen LogP) is 9.25. The van der Waals surface area contributed by atoms with Gasteiger partial charge in [-0.3, -0.25) is 43.4 Å². The monoisotopic (exact) mass is 1520 g/mol. The fourth-order valence-corrected chi connectivity index (χ4v) is 14.8. The van der Waals surface area contributed by atoms with Crippen LogP contribution in [0.25, 0.3) is 0 Å². The van der Waals surface area contributed by atoms with Gasteiger partial charge >= 0.3 is 67.3 Å². The smallest absolute Gasteiger partial charge is 0.526 e. The average molecular weight is 1520 g/mol. The molecule has 4 aliphatic heterocycles. The Bertz CT molecular complexity index is 4110. The first-order chi connectivity index (χ1) is 51.7.